The van der Waals surface area contributed by atoms with Gasteiger partial charge in [-0.1, -0.05) is 13.8 Å². The first kappa shape index (κ1) is 11.9. The van der Waals surface area contributed by atoms with Crippen molar-refractivity contribution in [1.82, 2.24) is 16.0 Å². The van der Waals surface area contributed by atoms with Gasteiger partial charge < -0.3 is 16.0 Å². The van der Waals surface area contributed by atoms with Gasteiger partial charge in [-0.3, -0.25) is 0 Å². The molecule has 0 rings (SSSR count). The van der Waals surface area contributed by atoms with Crippen LogP contribution in [0.15, 0.2) is 0 Å². The van der Waals surface area contributed by atoms with E-state index in [-0.39, 0.29) is 5.66 Å². The average molecular weight is 172 g/mol. The minimum absolute atomic E-state index is 0.0521. The summed E-state index contributed by atoms with van der Waals surface area (Å²) in [5.41, 5.74) is -0.0521. The first-order valence-electron chi connectivity index (χ1n) is 4.62. The highest BCUT2D eigenvalue weighted by Crippen LogP contribution is 2.19. The van der Waals surface area contributed by atoms with E-state index in [1.165, 1.54) is 6.04 Å². The van der Waals surface area contributed by atoms with Crippen LogP contribution in [0.5, 0.6) is 0 Å². The molecule has 73 valence electrons. The lowest BCUT2D eigenvalue weighted by molar-refractivity contribution is 0.270. The minimum atomic E-state index is -0.0521. The third-order valence-corrected chi connectivity index (χ3v) is 2.55. The topological polar surface area (TPSA) is 36.1 Å². The minimum Gasteiger partial charge on any atom is -0.310 e. The van der Waals surface area contributed by atoms with Crippen LogP contribution >= 0.6 is 0 Å². The highest BCUT2D eigenvalue weighted by molar-refractivity contribution is 5.07. The molecular formula is C9H22N3. The molecule has 0 heterocycles. The van der Waals surface area contributed by atoms with Crippen LogP contribution in [0.4, 0.5) is 0 Å². The fourth-order valence-corrected chi connectivity index (χ4v) is 1.69. The first-order chi connectivity index (χ1) is 5.70. The third-order valence-electron chi connectivity index (χ3n) is 2.55. The van der Waals surface area contributed by atoms with E-state index in [0.717, 1.165) is 12.8 Å². The Morgan fingerprint density at radius 1 is 1.08 bits per heavy atom. The second-order valence-corrected chi connectivity index (χ2v) is 2.84. The molecule has 0 aliphatic carbocycles. The molecule has 0 aromatic heterocycles. The van der Waals surface area contributed by atoms with E-state index in [4.69, 9.17) is 0 Å². The summed E-state index contributed by atoms with van der Waals surface area (Å²) in [6, 6.07) is 1.30. The molecule has 3 heteroatoms. The summed E-state index contributed by atoms with van der Waals surface area (Å²) >= 11 is 0. The molecule has 3 N–H and O–H groups in total. The predicted octanol–water partition coefficient (Wildman–Crippen LogP) is 0.693. The molecule has 0 fully saturated rings. The van der Waals surface area contributed by atoms with E-state index < -0.39 is 0 Å². The molecule has 0 saturated heterocycles. The largest absolute Gasteiger partial charge is 0.310 e. The van der Waals surface area contributed by atoms with Gasteiger partial charge in [-0.05, 0) is 34.0 Å². The SMILES string of the molecule is CC[C](NC)C(CC)(NC)NC. The van der Waals surface area contributed by atoms with Gasteiger partial charge in [0.15, 0.2) is 0 Å². The Hall–Kier alpha value is -0.120. The van der Waals surface area contributed by atoms with E-state index in [1.54, 1.807) is 0 Å². The van der Waals surface area contributed by atoms with Crippen LogP contribution in [0.2, 0.25) is 0 Å². The maximum Gasteiger partial charge on any atom is 0.0886 e. The van der Waals surface area contributed by atoms with E-state index in [9.17, 15) is 0 Å². The monoisotopic (exact) mass is 172 g/mol. The van der Waals surface area contributed by atoms with Crippen LogP contribution in [-0.4, -0.2) is 26.8 Å². The van der Waals surface area contributed by atoms with Gasteiger partial charge in [-0.25, -0.2) is 0 Å². The molecule has 0 amide bonds. The van der Waals surface area contributed by atoms with E-state index in [0.29, 0.717) is 0 Å². The maximum absolute atomic E-state index is 3.31. The van der Waals surface area contributed by atoms with Gasteiger partial charge in [-0.2, -0.15) is 0 Å². The van der Waals surface area contributed by atoms with Crippen LogP contribution in [0, 0.1) is 6.04 Å². The first-order valence-corrected chi connectivity index (χ1v) is 4.62. The summed E-state index contributed by atoms with van der Waals surface area (Å²) < 4.78 is 0. The Labute approximate surface area is 76.3 Å². The Morgan fingerprint density at radius 3 is 1.67 bits per heavy atom. The summed E-state index contributed by atoms with van der Waals surface area (Å²) in [6.45, 7) is 4.32. The lowest BCUT2D eigenvalue weighted by Gasteiger charge is -2.38. The molecule has 0 aromatic rings. The lowest BCUT2D eigenvalue weighted by Crippen LogP contribution is -2.60. The number of hydrogen-bond donors (Lipinski definition) is 3. The van der Waals surface area contributed by atoms with Crippen molar-refractivity contribution >= 4 is 0 Å². The fraction of sp³-hybridized carbons (Fsp3) is 0.889. The summed E-state index contributed by atoms with van der Waals surface area (Å²) in [5.74, 6) is 0. The quantitative estimate of drug-likeness (QED) is 0.516. The molecule has 0 aliphatic heterocycles. The van der Waals surface area contributed by atoms with Crippen molar-refractivity contribution < 1.29 is 0 Å². The van der Waals surface area contributed by atoms with Crippen LogP contribution < -0.4 is 16.0 Å². The molecule has 0 aliphatic rings. The average Bonchev–Trinajstić information content (AvgIpc) is 2.14. The third kappa shape index (κ3) is 2.19. The molecular weight excluding hydrogens is 150 g/mol. The Bertz CT molecular complexity index is 98.1. The van der Waals surface area contributed by atoms with Gasteiger partial charge >= 0.3 is 0 Å². The molecule has 3 nitrogen and oxygen atoms in total. The molecule has 12 heavy (non-hydrogen) atoms. The highest BCUT2D eigenvalue weighted by atomic mass is 15.2. The molecule has 0 unspecified atom stereocenters. The smallest absolute Gasteiger partial charge is 0.0886 e. The Balaban J connectivity index is 4.42. The number of hydrogen-bond acceptors (Lipinski definition) is 3. The van der Waals surface area contributed by atoms with Crippen molar-refractivity contribution in [3.05, 3.63) is 6.04 Å². The molecule has 0 saturated carbocycles. The maximum atomic E-state index is 3.31. The summed E-state index contributed by atoms with van der Waals surface area (Å²) in [7, 11) is 5.93. The Morgan fingerprint density at radius 2 is 1.58 bits per heavy atom. The van der Waals surface area contributed by atoms with Crippen molar-refractivity contribution in [2.24, 2.45) is 0 Å². The highest BCUT2D eigenvalue weighted by Gasteiger charge is 2.32. The van der Waals surface area contributed by atoms with Crippen molar-refractivity contribution in [2.75, 3.05) is 21.1 Å². The van der Waals surface area contributed by atoms with Crippen molar-refractivity contribution in [2.45, 2.75) is 32.4 Å². The van der Waals surface area contributed by atoms with Gasteiger partial charge in [0, 0.05) is 0 Å². The fourth-order valence-electron chi connectivity index (χ4n) is 1.69. The molecule has 0 atom stereocenters. The van der Waals surface area contributed by atoms with E-state index in [2.05, 4.69) is 29.8 Å². The Kier molecular flexibility index (Phi) is 5.46. The summed E-state index contributed by atoms with van der Waals surface area (Å²) in [6.07, 6.45) is 2.07. The predicted molar refractivity (Wildman–Crippen MR) is 53.7 cm³/mol. The second kappa shape index (κ2) is 5.51. The van der Waals surface area contributed by atoms with Crippen LogP contribution in [-0.2, 0) is 0 Å². The summed E-state index contributed by atoms with van der Waals surface area (Å²) in [4.78, 5) is 0. The molecule has 0 aromatic carbocycles. The van der Waals surface area contributed by atoms with Crippen LogP contribution in [0.25, 0.3) is 0 Å². The van der Waals surface area contributed by atoms with Crippen molar-refractivity contribution in [3.8, 4) is 0 Å². The number of likely N-dealkylation sites (N-methyl/N-ethyl adjacent to an activating group) is 3. The van der Waals surface area contributed by atoms with Gasteiger partial charge in [0.2, 0.25) is 0 Å². The molecule has 0 bridgehead atoms. The standard InChI is InChI=1S/C9H22N3/c1-6-8(10-3)9(7-2,11-4)12-5/h10-12H,6-7H2,1-5H3. The van der Waals surface area contributed by atoms with Gasteiger partial charge in [0.1, 0.15) is 0 Å². The second-order valence-electron chi connectivity index (χ2n) is 2.84. The summed E-state index contributed by atoms with van der Waals surface area (Å²) in [5, 5.41) is 9.85. The van der Waals surface area contributed by atoms with Crippen molar-refractivity contribution in [1.29, 1.82) is 0 Å². The van der Waals surface area contributed by atoms with Crippen LogP contribution in [0.1, 0.15) is 26.7 Å². The lowest BCUT2D eigenvalue weighted by atomic mass is 9.95. The zero-order valence-corrected chi connectivity index (χ0v) is 8.91. The van der Waals surface area contributed by atoms with E-state index >= 15 is 0 Å². The van der Waals surface area contributed by atoms with Gasteiger partial charge in [0.25, 0.3) is 0 Å². The van der Waals surface area contributed by atoms with Crippen LogP contribution in [0.3, 0.4) is 0 Å². The molecule has 1 radical (unpaired) electrons. The van der Waals surface area contributed by atoms with Gasteiger partial charge in [0.05, 0.1) is 11.7 Å². The molecule has 0 spiro atoms. The number of nitrogens with one attached hydrogen (secondary N) is 3. The zero-order valence-electron chi connectivity index (χ0n) is 8.91. The normalized spacial score (nSPS) is 12.5. The number of rotatable bonds is 6. The van der Waals surface area contributed by atoms with Crippen molar-refractivity contribution in [3.63, 3.8) is 0 Å². The van der Waals surface area contributed by atoms with E-state index in [1.807, 2.05) is 21.1 Å². The zero-order chi connectivity index (χ0) is 9.61. The van der Waals surface area contributed by atoms with Gasteiger partial charge in [-0.15, -0.1) is 0 Å².